The average molecular weight is 487 g/mol. The molecule has 5 nitrogen and oxygen atoms in total. The quantitative estimate of drug-likeness (QED) is 0.144. The third-order valence-electron chi connectivity index (χ3n) is 5.24. The molecule has 0 aliphatic rings. The van der Waals surface area contributed by atoms with Crippen molar-refractivity contribution in [2.75, 3.05) is 0 Å². The molecule has 0 saturated heterocycles. The Kier molecular flexibility index (Phi) is 8.22. The molecule has 0 aliphatic heterocycles. The van der Waals surface area contributed by atoms with E-state index in [0.717, 1.165) is 5.56 Å². The van der Waals surface area contributed by atoms with Gasteiger partial charge in [0, 0.05) is 16.7 Å². The number of allylic oxidation sites excluding steroid dienone is 2. The molecule has 0 bridgehead atoms. The van der Waals surface area contributed by atoms with Crippen LogP contribution in [0.3, 0.4) is 0 Å². The Morgan fingerprint density at radius 2 is 1.14 bits per heavy atom. The highest BCUT2D eigenvalue weighted by Crippen LogP contribution is 2.30. The van der Waals surface area contributed by atoms with E-state index < -0.39 is 11.9 Å². The lowest BCUT2D eigenvalue weighted by atomic mass is 9.99. The Balaban J connectivity index is 1.72. The number of rotatable bonds is 8. The largest absolute Gasteiger partial charge is 0.459 e. The number of ether oxygens (including phenoxy) is 3. The van der Waals surface area contributed by atoms with Crippen LogP contribution in [0.1, 0.15) is 27.7 Å². The van der Waals surface area contributed by atoms with E-state index in [-0.39, 0.29) is 5.82 Å². The number of halogens is 1. The van der Waals surface area contributed by atoms with E-state index in [1.54, 1.807) is 82.3 Å². The predicted octanol–water partition coefficient (Wildman–Crippen LogP) is 7.39. The van der Waals surface area contributed by atoms with Gasteiger partial charge in [-0.15, -0.1) is 0 Å². The van der Waals surface area contributed by atoms with Crippen LogP contribution in [0, 0.1) is 5.82 Å². The summed E-state index contributed by atoms with van der Waals surface area (Å²) in [6.45, 7) is 13.6. The fraction of sp³-hybridized carbons (Fsp3) is 0.133. The zero-order valence-electron chi connectivity index (χ0n) is 20.7. The summed E-state index contributed by atoms with van der Waals surface area (Å²) in [5.74, 6) is 0.266. The lowest BCUT2D eigenvalue weighted by molar-refractivity contribution is -0.135. The van der Waals surface area contributed by atoms with Crippen molar-refractivity contribution in [1.82, 2.24) is 0 Å². The van der Waals surface area contributed by atoms with Crippen LogP contribution in [-0.2, 0) is 14.3 Å². The van der Waals surface area contributed by atoms with Gasteiger partial charge < -0.3 is 14.2 Å². The maximum atomic E-state index is 15.0. The van der Waals surface area contributed by atoms with Crippen molar-refractivity contribution in [3.63, 3.8) is 0 Å². The van der Waals surface area contributed by atoms with Crippen LogP contribution in [0.15, 0.2) is 103 Å². The topological polar surface area (TPSA) is 61.8 Å². The Bertz CT molecular complexity index is 1350. The first-order valence-electron chi connectivity index (χ1n) is 11.2. The van der Waals surface area contributed by atoms with Gasteiger partial charge >= 0.3 is 11.9 Å². The average Bonchev–Trinajstić information content (AvgIpc) is 2.84. The molecule has 0 heterocycles. The first-order chi connectivity index (χ1) is 17.0. The minimum absolute atomic E-state index is 0.292. The molecule has 3 aromatic rings. The molecular formula is C30H27FO5. The molecule has 0 fully saturated rings. The van der Waals surface area contributed by atoms with Gasteiger partial charge in [0.2, 0.25) is 0 Å². The summed E-state index contributed by atoms with van der Waals surface area (Å²) in [5, 5.41) is 0. The van der Waals surface area contributed by atoms with Gasteiger partial charge in [0.05, 0.1) is 0 Å². The van der Waals surface area contributed by atoms with Crippen LogP contribution in [0.5, 0.6) is 11.5 Å². The summed E-state index contributed by atoms with van der Waals surface area (Å²) in [6, 6.07) is 18.7. The third kappa shape index (κ3) is 6.57. The monoisotopic (exact) mass is 486 g/mol. The molecule has 0 saturated carbocycles. The van der Waals surface area contributed by atoms with Crippen LogP contribution in [0.4, 0.5) is 4.39 Å². The fourth-order valence-corrected chi connectivity index (χ4v) is 3.09. The second-order valence-electron chi connectivity index (χ2n) is 8.30. The van der Waals surface area contributed by atoms with E-state index in [4.69, 9.17) is 14.2 Å². The Morgan fingerprint density at radius 3 is 1.67 bits per heavy atom. The zero-order chi connectivity index (χ0) is 26.4. The highest BCUT2D eigenvalue weighted by Gasteiger charge is 2.11. The molecule has 184 valence electrons. The minimum Gasteiger partial charge on any atom is -0.459 e. The van der Waals surface area contributed by atoms with Crippen LogP contribution in [0.25, 0.3) is 22.3 Å². The first kappa shape index (κ1) is 26.2. The first-order valence-corrected chi connectivity index (χ1v) is 11.2. The molecule has 0 aromatic heterocycles. The van der Waals surface area contributed by atoms with Gasteiger partial charge in [-0.2, -0.15) is 0 Å². The second kappa shape index (κ2) is 11.3. The molecule has 0 radical (unpaired) electrons. The Morgan fingerprint density at radius 1 is 0.639 bits per heavy atom. The Labute approximate surface area is 210 Å². The van der Waals surface area contributed by atoms with Gasteiger partial charge in [0.15, 0.2) is 0 Å². The highest BCUT2D eigenvalue weighted by molar-refractivity contribution is 5.89. The van der Waals surface area contributed by atoms with Crippen molar-refractivity contribution < 1.29 is 28.2 Å². The normalized spacial score (nSPS) is 11.2. The molecule has 3 rings (SSSR count). The van der Waals surface area contributed by atoms with Gasteiger partial charge in [-0.05, 0) is 74.7 Å². The zero-order valence-corrected chi connectivity index (χ0v) is 20.7. The lowest BCUT2D eigenvalue weighted by Gasteiger charge is -2.12. The number of benzene rings is 3. The molecule has 0 aliphatic carbocycles. The van der Waals surface area contributed by atoms with Gasteiger partial charge in [0.25, 0.3) is 0 Å². The van der Waals surface area contributed by atoms with Gasteiger partial charge in [-0.3, -0.25) is 0 Å². The maximum absolute atomic E-state index is 15.0. The summed E-state index contributed by atoms with van der Waals surface area (Å²) in [4.78, 5) is 23.3. The molecule has 36 heavy (non-hydrogen) atoms. The van der Waals surface area contributed by atoms with Crippen LogP contribution < -0.4 is 9.47 Å². The molecule has 0 atom stereocenters. The van der Waals surface area contributed by atoms with Crippen molar-refractivity contribution in [2.45, 2.75) is 27.7 Å². The summed E-state index contributed by atoms with van der Waals surface area (Å²) in [5.41, 5.74) is 3.19. The summed E-state index contributed by atoms with van der Waals surface area (Å²) < 4.78 is 31.1. The summed E-state index contributed by atoms with van der Waals surface area (Å²) in [7, 11) is 0. The van der Waals surface area contributed by atoms with Crippen LogP contribution in [-0.4, -0.2) is 11.9 Å². The summed E-state index contributed by atoms with van der Waals surface area (Å²) in [6.07, 6.45) is 0. The standard InChI is InChI=1S/C30H27FO5/c1-18(2)29(32)35-21(6)20(5)34-25-14-9-23(10-15-25)27-16-11-24(17-28(27)31)22-7-12-26(13-8-22)36-30(33)19(3)4/h7-17H,1,3H2,2,4-6H3/b21-20-. The van der Waals surface area contributed by atoms with Gasteiger partial charge in [-0.25, -0.2) is 14.0 Å². The number of carbonyl (C=O) groups excluding carboxylic acids is 2. The lowest BCUT2D eigenvalue weighted by Crippen LogP contribution is -2.07. The van der Waals surface area contributed by atoms with E-state index in [9.17, 15) is 14.0 Å². The number of hydrogen-bond donors (Lipinski definition) is 0. The molecular weight excluding hydrogens is 459 g/mol. The number of hydrogen-bond acceptors (Lipinski definition) is 5. The smallest absolute Gasteiger partial charge is 0.338 e. The number of esters is 2. The molecule has 0 N–H and O–H groups in total. The van der Waals surface area contributed by atoms with Crippen LogP contribution >= 0.6 is 0 Å². The van der Waals surface area contributed by atoms with Crippen molar-refractivity contribution in [1.29, 1.82) is 0 Å². The summed E-state index contributed by atoms with van der Waals surface area (Å²) >= 11 is 0. The van der Waals surface area contributed by atoms with Crippen molar-refractivity contribution >= 4 is 11.9 Å². The predicted molar refractivity (Wildman–Crippen MR) is 138 cm³/mol. The maximum Gasteiger partial charge on any atom is 0.338 e. The van der Waals surface area contributed by atoms with E-state index in [1.807, 2.05) is 6.07 Å². The molecule has 0 amide bonds. The third-order valence-corrected chi connectivity index (χ3v) is 5.24. The van der Waals surface area contributed by atoms with E-state index >= 15 is 0 Å². The minimum atomic E-state index is -0.521. The molecule has 6 heteroatoms. The fourth-order valence-electron chi connectivity index (χ4n) is 3.09. The molecule has 0 unspecified atom stereocenters. The second-order valence-corrected chi connectivity index (χ2v) is 8.30. The van der Waals surface area contributed by atoms with E-state index in [1.165, 1.54) is 6.07 Å². The van der Waals surface area contributed by atoms with Crippen LogP contribution in [0.2, 0.25) is 0 Å². The van der Waals surface area contributed by atoms with Gasteiger partial charge in [-0.1, -0.05) is 49.6 Å². The Hall–Kier alpha value is -4.45. The van der Waals surface area contributed by atoms with Crippen molar-refractivity contribution in [2.24, 2.45) is 0 Å². The van der Waals surface area contributed by atoms with E-state index in [0.29, 0.717) is 50.9 Å². The SMILES string of the molecule is C=C(C)C(=O)O/C(C)=C(/C)Oc1ccc(-c2ccc(-c3ccc(OC(=O)C(=C)C)cc3)cc2F)cc1. The highest BCUT2D eigenvalue weighted by atomic mass is 19.1. The van der Waals surface area contributed by atoms with E-state index in [2.05, 4.69) is 13.2 Å². The molecule has 3 aromatic carbocycles. The van der Waals surface area contributed by atoms with Crippen molar-refractivity contribution in [3.8, 4) is 33.8 Å². The molecule has 0 spiro atoms. The van der Waals surface area contributed by atoms with Crippen molar-refractivity contribution in [3.05, 3.63) is 108 Å². The van der Waals surface area contributed by atoms with Gasteiger partial charge in [0.1, 0.15) is 28.8 Å². The number of carbonyl (C=O) groups is 2.